The van der Waals surface area contributed by atoms with Gasteiger partial charge in [-0.25, -0.2) is 8.42 Å². The number of carbonyl (C=O) groups excluding carboxylic acids is 1. The van der Waals surface area contributed by atoms with E-state index in [2.05, 4.69) is 5.32 Å². The smallest absolute Gasteiger partial charge is 0.251 e. The molecule has 1 N–H and O–H groups in total. The molecule has 0 radical (unpaired) electrons. The van der Waals surface area contributed by atoms with Gasteiger partial charge in [0, 0.05) is 12.1 Å². The Kier molecular flexibility index (Phi) is 5.85. The Morgan fingerprint density at radius 1 is 1.00 bits per heavy atom. The topological polar surface area (TPSA) is 66.5 Å². The third-order valence-electron chi connectivity index (χ3n) is 4.24. The molecule has 2 aromatic carbocycles. The van der Waals surface area contributed by atoms with Gasteiger partial charge in [0.05, 0.1) is 18.5 Å². The highest BCUT2D eigenvalue weighted by atomic mass is 32.2. The first kappa shape index (κ1) is 19.0. The minimum absolute atomic E-state index is 0.181. The average Bonchev–Trinajstić information content (AvgIpc) is 2.54. The van der Waals surface area contributed by atoms with Crippen molar-refractivity contribution in [3.63, 3.8) is 0 Å². The first-order valence-corrected chi connectivity index (χ1v) is 9.94. The summed E-state index contributed by atoms with van der Waals surface area (Å²) in [5, 5.41) is 2.80. The zero-order chi connectivity index (χ0) is 18.6. The van der Waals surface area contributed by atoms with Gasteiger partial charge in [-0.3, -0.25) is 9.10 Å². The number of nitrogens with one attached hydrogen (secondary N) is 1. The number of carbonyl (C=O) groups is 1. The van der Waals surface area contributed by atoms with E-state index in [1.54, 1.807) is 18.2 Å². The van der Waals surface area contributed by atoms with Crippen LogP contribution in [0, 0.1) is 20.8 Å². The first-order valence-electron chi connectivity index (χ1n) is 8.09. The van der Waals surface area contributed by atoms with Crippen LogP contribution in [0.1, 0.15) is 27.0 Å². The molecule has 134 valence electrons. The summed E-state index contributed by atoms with van der Waals surface area (Å²) >= 11 is 0. The molecular formula is C19H24N2O3S. The molecule has 1 amide bonds. The molecule has 0 bridgehead atoms. The van der Waals surface area contributed by atoms with Crippen molar-refractivity contribution in [3.8, 4) is 0 Å². The van der Waals surface area contributed by atoms with Gasteiger partial charge in [0.1, 0.15) is 0 Å². The Hall–Kier alpha value is -2.34. The molecule has 0 aliphatic rings. The molecule has 0 atom stereocenters. The van der Waals surface area contributed by atoms with Gasteiger partial charge >= 0.3 is 0 Å². The molecule has 0 aliphatic carbocycles. The molecule has 0 aromatic heterocycles. The van der Waals surface area contributed by atoms with Crippen molar-refractivity contribution >= 4 is 21.6 Å². The van der Waals surface area contributed by atoms with Gasteiger partial charge in [0.15, 0.2) is 0 Å². The second-order valence-electron chi connectivity index (χ2n) is 6.12. The molecule has 0 unspecified atom stereocenters. The van der Waals surface area contributed by atoms with Gasteiger partial charge in [-0.05, 0) is 49.6 Å². The van der Waals surface area contributed by atoms with Crippen LogP contribution in [0.2, 0.25) is 0 Å². The number of anilines is 1. The summed E-state index contributed by atoms with van der Waals surface area (Å²) in [5.41, 5.74) is 4.07. The minimum atomic E-state index is -3.45. The van der Waals surface area contributed by atoms with Crippen LogP contribution >= 0.6 is 0 Å². The predicted octanol–water partition coefficient (Wildman–Crippen LogP) is 2.81. The third kappa shape index (κ3) is 4.60. The van der Waals surface area contributed by atoms with Crippen LogP contribution < -0.4 is 9.62 Å². The summed E-state index contributed by atoms with van der Waals surface area (Å²) in [6.45, 7) is 6.12. The summed E-state index contributed by atoms with van der Waals surface area (Å²) in [6, 6.07) is 12.9. The average molecular weight is 360 g/mol. The SMILES string of the molecule is Cc1ccccc1C(=O)NCCN(c1cccc(C)c1C)S(C)(=O)=O. The van der Waals surface area contributed by atoms with Crippen molar-refractivity contribution in [2.24, 2.45) is 0 Å². The number of aryl methyl sites for hydroxylation is 2. The molecule has 25 heavy (non-hydrogen) atoms. The third-order valence-corrected chi connectivity index (χ3v) is 5.42. The van der Waals surface area contributed by atoms with Gasteiger partial charge < -0.3 is 5.32 Å². The maximum atomic E-state index is 12.3. The second kappa shape index (κ2) is 7.70. The Balaban J connectivity index is 2.13. The number of hydrogen-bond acceptors (Lipinski definition) is 3. The van der Waals surface area contributed by atoms with E-state index in [0.29, 0.717) is 11.3 Å². The van der Waals surface area contributed by atoms with Gasteiger partial charge in [0.2, 0.25) is 10.0 Å². The minimum Gasteiger partial charge on any atom is -0.350 e. The predicted molar refractivity (Wildman–Crippen MR) is 102 cm³/mol. The van der Waals surface area contributed by atoms with E-state index in [1.807, 2.05) is 45.0 Å². The van der Waals surface area contributed by atoms with Crippen molar-refractivity contribution in [2.75, 3.05) is 23.7 Å². The van der Waals surface area contributed by atoms with Gasteiger partial charge in [-0.2, -0.15) is 0 Å². The molecule has 0 aliphatic heterocycles. The number of rotatable bonds is 6. The Morgan fingerprint density at radius 3 is 2.28 bits per heavy atom. The normalized spacial score (nSPS) is 11.2. The Labute approximate surface area is 149 Å². The second-order valence-corrected chi connectivity index (χ2v) is 8.03. The zero-order valence-corrected chi connectivity index (χ0v) is 15.9. The molecule has 2 aromatic rings. The van der Waals surface area contributed by atoms with Gasteiger partial charge in [-0.15, -0.1) is 0 Å². The van der Waals surface area contributed by atoms with Crippen LogP contribution in [0.15, 0.2) is 42.5 Å². The monoisotopic (exact) mass is 360 g/mol. The van der Waals surface area contributed by atoms with Crippen LogP contribution in [0.5, 0.6) is 0 Å². The number of nitrogens with zero attached hydrogens (tertiary/aromatic N) is 1. The van der Waals surface area contributed by atoms with Crippen molar-refractivity contribution in [1.82, 2.24) is 5.32 Å². The van der Waals surface area contributed by atoms with E-state index < -0.39 is 10.0 Å². The number of amides is 1. The fourth-order valence-corrected chi connectivity index (χ4v) is 3.64. The van der Waals surface area contributed by atoms with Crippen LogP contribution in [0.25, 0.3) is 0 Å². The quantitative estimate of drug-likeness (QED) is 0.861. The highest BCUT2D eigenvalue weighted by molar-refractivity contribution is 7.92. The number of benzene rings is 2. The zero-order valence-electron chi connectivity index (χ0n) is 15.0. The number of sulfonamides is 1. The lowest BCUT2D eigenvalue weighted by Gasteiger charge is -2.25. The summed E-state index contributed by atoms with van der Waals surface area (Å²) < 4.78 is 25.8. The summed E-state index contributed by atoms with van der Waals surface area (Å²) in [4.78, 5) is 12.3. The van der Waals surface area contributed by atoms with Crippen LogP contribution in [0.4, 0.5) is 5.69 Å². The Bertz CT molecular complexity index is 876. The highest BCUT2D eigenvalue weighted by Gasteiger charge is 2.20. The van der Waals surface area contributed by atoms with Crippen molar-refractivity contribution in [2.45, 2.75) is 20.8 Å². The fraction of sp³-hybridized carbons (Fsp3) is 0.316. The first-order chi connectivity index (χ1) is 11.7. The summed E-state index contributed by atoms with van der Waals surface area (Å²) in [6.07, 6.45) is 1.18. The number of hydrogen-bond donors (Lipinski definition) is 1. The van der Waals surface area contributed by atoms with Gasteiger partial charge in [0.25, 0.3) is 5.91 Å². The standard InChI is InChI=1S/C19H24N2O3S/c1-14-9-7-11-18(16(14)3)21(25(4,23)24)13-12-20-19(22)17-10-6-5-8-15(17)2/h5-11H,12-13H2,1-4H3,(H,20,22). The fourth-order valence-electron chi connectivity index (χ4n) is 2.66. The molecule has 0 spiro atoms. The molecule has 6 heteroatoms. The highest BCUT2D eigenvalue weighted by Crippen LogP contribution is 2.24. The van der Waals surface area contributed by atoms with E-state index in [0.717, 1.165) is 16.7 Å². The van der Waals surface area contributed by atoms with E-state index in [1.165, 1.54) is 10.6 Å². The molecule has 5 nitrogen and oxygen atoms in total. The summed E-state index contributed by atoms with van der Waals surface area (Å²) in [5.74, 6) is -0.201. The lowest BCUT2D eigenvalue weighted by molar-refractivity contribution is 0.0954. The lowest BCUT2D eigenvalue weighted by Crippen LogP contribution is -2.38. The van der Waals surface area contributed by atoms with Crippen LogP contribution in [-0.4, -0.2) is 33.7 Å². The van der Waals surface area contributed by atoms with E-state index in [9.17, 15) is 13.2 Å². The molecule has 0 fully saturated rings. The maximum Gasteiger partial charge on any atom is 0.251 e. The van der Waals surface area contributed by atoms with Crippen molar-refractivity contribution in [3.05, 3.63) is 64.7 Å². The van der Waals surface area contributed by atoms with E-state index >= 15 is 0 Å². The molecular weight excluding hydrogens is 336 g/mol. The van der Waals surface area contributed by atoms with Crippen molar-refractivity contribution < 1.29 is 13.2 Å². The van der Waals surface area contributed by atoms with Crippen molar-refractivity contribution in [1.29, 1.82) is 0 Å². The van der Waals surface area contributed by atoms with Crippen LogP contribution in [-0.2, 0) is 10.0 Å². The largest absolute Gasteiger partial charge is 0.350 e. The lowest BCUT2D eigenvalue weighted by atomic mass is 10.1. The summed E-state index contributed by atoms with van der Waals surface area (Å²) in [7, 11) is -3.45. The van der Waals surface area contributed by atoms with E-state index in [4.69, 9.17) is 0 Å². The Morgan fingerprint density at radius 2 is 1.64 bits per heavy atom. The molecule has 2 rings (SSSR count). The molecule has 0 saturated carbocycles. The molecule has 0 heterocycles. The molecule has 0 saturated heterocycles. The maximum absolute atomic E-state index is 12.3. The van der Waals surface area contributed by atoms with Crippen LogP contribution in [0.3, 0.4) is 0 Å². The van der Waals surface area contributed by atoms with E-state index in [-0.39, 0.29) is 19.0 Å². The van der Waals surface area contributed by atoms with Gasteiger partial charge in [-0.1, -0.05) is 30.3 Å².